The topological polar surface area (TPSA) is 38.0 Å². The van der Waals surface area contributed by atoms with Crippen molar-refractivity contribution in [1.82, 2.24) is 0 Å². The van der Waals surface area contributed by atoms with Gasteiger partial charge in [-0.1, -0.05) is 48.5 Å². The number of para-hydroxylation sites is 2. The number of fused-ring (bicyclic) bond motifs is 1. The molecule has 1 aliphatic heterocycles. The molecule has 4 nitrogen and oxygen atoms in total. The first-order chi connectivity index (χ1) is 13.8. The Bertz CT molecular complexity index is 1100. The lowest BCUT2D eigenvalue weighted by Crippen LogP contribution is -2.18. The lowest BCUT2D eigenvalue weighted by atomic mass is 10.0. The van der Waals surface area contributed by atoms with Crippen LogP contribution in [0, 0.1) is 0 Å². The molecule has 5 rings (SSSR count). The molecule has 1 aromatic heterocycles. The third kappa shape index (κ3) is 2.93. The first-order valence-electron chi connectivity index (χ1n) is 9.36. The van der Waals surface area contributed by atoms with E-state index in [0.29, 0.717) is 0 Å². The number of furan rings is 1. The van der Waals surface area contributed by atoms with Crippen molar-refractivity contribution in [2.75, 3.05) is 12.1 Å². The average molecular weight is 368 g/mol. The van der Waals surface area contributed by atoms with Crippen molar-refractivity contribution < 1.29 is 9.15 Å². The molecule has 0 radical (unpaired) electrons. The van der Waals surface area contributed by atoms with Crippen LogP contribution in [0.15, 0.2) is 94.4 Å². The highest BCUT2D eigenvalue weighted by Crippen LogP contribution is 2.37. The third-order valence-corrected chi connectivity index (χ3v) is 5.14. The Morgan fingerprint density at radius 1 is 0.929 bits per heavy atom. The van der Waals surface area contributed by atoms with Crippen LogP contribution in [0.5, 0.6) is 5.75 Å². The molecule has 0 bridgehead atoms. The van der Waals surface area contributed by atoms with E-state index in [2.05, 4.69) is 41.4 Å². The summed E-state index contributed by atoms with van der Waals surface area (Å²) in [6.07, 6.45) is 0.779. The van der Waals surface area contributed by atoms with Crippen LogP contribution in [-0.2, 0) is 0 Å². The van der Waals surface area contributed by atoms with Crippen LogP contribution >= 0.6 is 0 Å². The number of benzene rings is 3. The minimum Gasteiger partial charge on any atom is -0.497 e. The number of ether oxygens (including phenoxy) is 1. The predicted molar refractivity (Wildman–Crippen MR) is 112 cm³/mol. The number of rotatable bonds is 4. The third-order valence-electron chi connectivity index (χ3n) is 5.14. The SMILES string of the molecule is COc1ccc([C@@H]2CC(c3cc4ccccc4o3)=NN2c2ccccc2)cc1. The molecule has 1 aliphatic rings. The van der Waals surface area contributed by atoms with E-state index in [1.54, 1.807) is 7.11 Å². The number of hydrazone groups is 1. The largest absolute Gasteiger partial charge is 0.497 e. The Kier molecular flexibility index (Phi) is 4.09. The molecule has 2 heterocycles. The fourth-order valence-electron chi connectivity index (χ4n) is 3.69. The van der Waals surface area contributed by atoms with E-state index in [4.69, 9.17) is 14.3 Å². The highest BCUT2D eigenvalue weighted by Gasteiger charge is 2.31. The monoisotopic (exact) mass is 368 g/mol. The van der Waals surface area contributed by atoms with Crippen molar-refractivity contribution in [3.05, 3.63) is 96.3 Å². The van der Waals surface area contributed by atoms with Crippen molar-refractivity contribution in [1.29, 1.82) is 0 Å². The van der Waals surface area contributed by atoms with Crippen LogP contribution in [0.2, 0.25) is 0 Å². The zero-order valence-corrected chi connectivity index (χ0v) is 15.6. The van der Waals surface area contributed by atoms with Crippen LogP contribution in [0.1, 0.15) is 23.8 Å². The summed E-state index contributed by atoms with van der Waals surface area (Å²) < 4.78 is 11.4. The maximum atomic E-state index is 6.08. The van der Waals surface area contributed by atoms with Gasteiger partial charge in [0.25, 0.3) is 0 Å². The van der Waals surface area contributed by atoms with E-state index in [0.717, 1.165) is 40.3 Å². The van der Waals surface area contributed by atoms with Gasteiger partial charge < -0.3 is 9.15 Å². The van der Waals surface area contributed by atoms with Gasteiger partial charge in [-0.25, -0.2) is 0 Å². The molecule has 1 atom stereocenters. The molecule has 0 unspecified atom stereocenters. The predicted octanol–water partition coefficient (Wildman–Crippen LogP) is 5.80. The fraction of sp³-hybridized carbons (Fsp3) is 0.125. The lowest BCUT2D eigenvalue weighted by molar-refractivity contribution is 0.414. The molecule has 0 fully saturated rings. The molecule has 0 N–H and O–H groups in total. The van der Waals surface area contributed by atoms with E-state index < -0.39 is 0 Å². The molecule has 0 saturated heterocycles. The summed E-state index contributed by atoms with van der Waals surface area (Å²) >= 11 is 0. The second-order valence-corrected chi connectivity index (χ2v) is 6.87. The molecule has 0 spiro atoms. The van der Waals surface area contributed by atoms with Crippen molar-refractivity contribution in [3.8, 4) is 5.75 Å². The smallest absolute Gasteiger partial charge is 0.151 e. The summed E-state index contributed by atoms with van der Waals surface area (Å²) in [5, 5.41) is 8.13. The molecule has 4 aromatic rings. The van der Waals surface area contributed by atoms with E-state index in [-0.39, 0.29) is 6.04 Å². The van der Waals surface area contributed by atoms with Gasteiger partial charge in [-0.15, -0.1) is 0 Å². The first-order valence-corrected chi connectivity index (χ1v) is 9.36. The van der Waals surface area contributed by atoms with Gasteiger partial charge in [0.1, 0.15) is 17.0 Å². The van der Waals surface area contributed by atoms with Crippen molar-refractivity contribution in [2.45, 2.75) is 12.5 Å². The van der Waals surface area contributed by atoms with E-state index in [1.807, 2.05) is 48.5 Å². The Labute approximate surface area is 163 Å². The minimum absolute atomic E-state index is 0.108. The molecular formula is C24H20N2O2. The van der Waals surface area contributed by atoms with Gasteiger partial charge in [0.05, 0.1) is 18.8 Å². The quantitative estimate of drug-likeness (QED) is 0.457. The van der Waals surface area contributed by atoms with Gasteiger partial charge in [0, 0.05) is 11.8 Å². The van der Waals surface area contributed by atoms with Crippen LogP contribution in [0.25, 0.3) is 11.0 Å². The van der Waals surface area contributed by atoms with E-state index in [1.165, 1.54) is 5.56 Å². The average Bonchev–Trinajstić information content (AvgIpc) is 3.39. The molecular weight excluding hydrogens is 348 g/mol. The number of hydrogen-bond donors (Lipinski definition) is 0. The normalized spacial score (nSPS) is 16.4. The Morgan fingerprint density at radius 2 is 1.68 bits per heavy atom. The summed E-state index contributed by atoms with van der Waals surface area (Å²) in [7, 11) is 1.68. The number of anilines is 1. The van der Waals surface area contributed by atoms with Gasteiger partial charge in [-0.3, -0.25) is 5.01 Å². The zero-order valence-electron chi connectivity index (χ0n) is 15.6. The second-order valence-electron chi connectivity index (χ2n) is 6.87. The van der Waals surface area contributed by atoms with Gasteiger partial charge in [0.2, 0.25) is 0 Å². The summed E-state index contributed by atoms with van der Waals surface area (Å²) in [5.74, 6) is 1.68. The molecule has 28 heavy (non-hydrogen) atoms. The summed E-state index contributed by atoms with van der Waals surface area (Å²) in [5.41, 5.74) is 4.11. The molecule has 3 aromatic carbocycles. The zero-order chi connectivity index (χ0) is 18.9. The van der Waals surface area contributed by atoms with Crippen molar-refractivity contribution in [3.63, 3.8) is 0 Å². The second kappa shape index (κ2) is 6.89. The summed E-state index contributed by atoms with van der Waals surface area (Å²) in [6, 6.07) is 28.7. The van der Waals surface area contributed by atoms with E-state index >= 15 is 0 Å². The molecule has 0 saturated carbocycles. The maximum Gasteiger partial charge on any atom is 0.151 e. The van der Waals surface area contributed by atoms with Crippen LogP contribution < -0.4 is 9.75 Å². The Balaban J connectivity index is 1.55. The van der Waals surface area contributed by atoms with Crippen molar-refractivity contribution in [2.24, 2.45) is 5.10 Å². The number of nitrogens with zero attached hydrogens (tertiary/aromatic N) is 2. The van der Waals surface area contributed by atoms with Crippen LogP contribution in [-0.4, -0.2) is 12.8 Å². The fourth-order valence-corrected chi connectivity index (χ4v) is 3.69. The van der Waals surface area contributed by atoms with Crippen LogP contribution in [0.4, 0.5) is 5.69 Å². The maximum absolute atomic E-state index is 6.08. The highest BCUT2D eigenvalue weighted by atomic mass is 16.5. The molecule has 138 valence electrons. The highest BCUT2D eigenvalue weighted by molar-refractivity contribution is 6.03. The molecule has 0 amide bonds. The Morgan fingerprint density at radius 3 is 2.43 bits per heavy atom. The standard InChI is InChI=1S/C24H20N2O2/c1-27-20-13-11-17(12-14-20)22-16-21(25-26(22)19-8-3-2-4-9-19)24-15-18-7-5-6-10-23(18)28-24/h2-15,22H,16H2,1H3/t22-/m0/s1. The number of methoxy groups -OCH3 is 1. The van der Waals surface area contributed by atoms with Gasteiger partial charge in [-0.2, -0.15) is 5.10 Å². The van der Waals surface area contributed by atoms with Gasteiger partial charge in [0.15, 0.2) is 5.76 Å². The van der Waals surface area contributed by atoms with Gasteiger partial charge >= 0.3 is 0 Å². The number of hydrogen-bond acceptors (Lipinski definition) is 4. The van der Waals surface area contributed by atoms with Gasteiger partial charge in [-0.05, 0) is 42.0 Å². The van der Waals surface area contributed by atoms with Crippen molar-refractivity contribution >= 4 is 22.4 Å². The van der Waals surface area contributed by atoms with E-state index in [9.17, 15) is 0 Å². The molecule has 0 aliphatic carbocycles. The Hall–Kier alpha value is -3.53. The lowest BCUT2D eigenvalue weighted by Gasteiger charge is -2.24. The molecule has 4 heteroatoms. The minimum atomic E-state index is 0.108. The summed E-state index contributed by atoms with van der Waals surface area (Å²) in [6.45, 7) is 0. The first kappa shape index (κ1) is 16.6. The van der Waals surface area contributed by atoms with Crippen LogP contribution in [0.3, 0.4) is 0 Å². The summed E-state index contributed by atoms with van der Waals surface area (Å²) in [4.78, 5) is 0.